The van der Waals surface area contributed by atoms with Gasteiger partial charge < -0.3 is 15.4 Å². The van der Waals surface area contributed by atoms with E-state index in [1.165, 1.54) is 0 Å². The molecule has 1 unspecified atom stereocenters. The van der Waals surface area contributed by atoms with Crippen molar-refractivity contribution >= 4 is 5.82 Å². The van der Waals surface area contributed by atoms with Crippen LogP contribution in [0, 0.1) is 0 Å². The maximum atomic E-state index is 5.82. The molecular weight excluding hydrogens is 214 g/mol. The molecule has 1 fully saturated rings. The molecule has 2 N–H and O–H groups in total. The first-order chi connectivity index (χ1) is 8.00. The van der Waals surface area contributed by atoms with E-state index in [0.29, 0.717) is 0 Å². The molecule has 0 aliphatic carbocycles. The smallest absolute Gasteiger partial charge is 0.129 e. The maximum absolute atomic E-state index is 5.82. The van der Waals surface area contributed by atoms with Crippen LogP contribution < -0.4 is 10.6 Å². The van der Waals surface area contributed by atoms with Gasteiger partial charge in [0.1, 0.15) is 5.82 Å². The van der Waals surface area contributed by atoms with Crippen molar-refractivity contribution < 1.29 is 4.74 Å². The third-order valence-electron chi connectivity index (χ3n) is 3.22. The van der Waals surface area contributed by atoms with Crippen molar-refractivity contribution in [3.05, 3.63) is 23.9 Å². The van der Waals surface area contributed by atoms with Gasteiger partial charge in [-0.1, -0.05) is 6.07 Å². The largest absolute Gasteiger partial charge is 0.377 e. The van der Waals surface area contributed by atoms with E-state index in [1.54, 1.807) is 0 Å². The van der Waals surface area contributed by atoms with Gasteiger partial charge in [0.25, 0.3) is 0 Å². The van der Waals surface area contributed by atoms with Crippen molar-refractivity contribution in [2.45, 2.75) is 32.4 Å². The molecule has 2 rings (SSSR count). The Morgan fingerprint density at radius 2 is 2.24 bits per heavy atom. The lowest BCUT2D eigenvalue weighted by Gasteiger charge is -2.43. The van der Waals surface area contributed by atoms with Crippen LogP contribution >= 0.6 is 0 Å². The van der Waals surface area contributed by atoms with Crippen LogP contribution in [0.3, 0.4) is 0 Å². The van der Waals surface area contributed by atoms with Crippen LogP contribution in [0.2, 0.25) is 0 Å². The van der Waals surface area contributed by atoms with Gasteiger partial charge in [-0.3, -0.25) is 0 Å². The number of aromatic nitrogens is 1. The molecule has 0 aromatic carbocycles. The number of hydrogen-bond donors (Lipinski definition) is 1. The van der Waals surface area contributed by atoms with Crippen molar-refractivity contribution in [2.24, 2.45) is 5.73 Å². The quantitative estimate of drug-likeness (QED) is 0.848. The van der Waals surface area contributed by atoms with E-state index < -0.39 is 0 Å². The summed E-state index contributed by atoms with van der Waals surface area (Å²) >= 11 is 0. The topological polar surface area (TPSA) is 51.4 Å². The van der Waals surface area contributed by atoms with Crippen molar-refractivity contribution in [1.29, 1.82) is 0 Å². The zero-order valence-electron chi connectivity index (χ0n) is 10.8. The first kappa shape index (κ1) is 12.3. The molecule has 1 aromatic rings. The Hall–Kier alpha value is -1.13. The summed E-state index contributed by atoms with van der Waals surface area (Å²) in [6.45, 7) is 8.71. The molecule has 0 radical (unpaired) electrons. The van der Waals surface area contributed by atoms with E-state index >= 15 is 0 Å². The van der Waals surface area contributed by atoms with E-state index in [-0.39, 0.29) is 11.6 Å². The normalized spacial score (nSPS) is 21.3. The van der Waals surface area contributed by atoms with E-state index in [1.807, 2.05) is 19.2 Å². The number of rotatable bonds is 2. The van der Waals surface area contributed by atoms with Gasteiger partial charge in [-0.25, -0.2) is 4.98 Å². The molecule has 2 heterocycles. The van der Waals surface area contributed by atoms with E-state index in [0.717, 1.165) is 31.1 Å². The molecule has 0 saturated carbocycles. The van der Waals surface area contributed by atoms with Crippen molar-refractivity contribution in [1.82, 2.24) is 4.98 Å². The van der Waals surface area contributed by atoms with E-state index in [9.17, 15) is 0 Å². The molecule has 17 heavy (non-hydrogen) atoms. The first-order valence-corrected chi connectivity index (χ1v) is 6.07. The number of pyridine rings is 1. The summed E-state index contributed by atoms with van der Waals surface area (Å²) in [5, 5.41) is 0. The van der Waals surface area contributed by atoms with Crippen LogP contribution in [-0.2, 0) is 4.74 Å². The Labute approximate surface area is 103 Å². The predicted octanol–water partition coefficient (Wildman–Crippen LogP) is 1.72. The number of ether oxygens (including phenoxy) is 1. The van der Waals surface area contributed by atoms with Crippen molar-refractivity contribution in [3.8, 4) is 0 Å². The Morgan fingerprint density at radius 1 is 1.47 bits per heavy atom. The van der Waals surface area contributed by atoms with Gasteiger partial charge in [-0.2, -0.15) is 0 Å². The molecule has 0 spiro atoms. The van der Waals surface area contributed by atoms with Crippen LogP contribution in [-0.4, -0.2) is 30.3 Å². The summed E-state index contributed by atoms with van der Waals surface area (Å²) in [6, 6.07) is 4.14. The number of nitrogens with zero attached hydrogens (tertiary/aromatic N) is 2. The summed E-state index contributed by atoms with van der Waals surface area (Å²) in [5.74, 6) is 1.00. The molecule has 1 aromatic heterocycles. The highest BCUT2D eigenvalue weighted by atomic mass is 16.5. The molecule has 4 nitrogen and oxygen atoms in total. The molecule has 4 heteroatoms. The van der Waals surface area contributed by atoms with Gasteiger partial charge in [0.15, 0.2) is 0 Å². The third-order valence-corrected chi connectivity index (χ3v) is 3.22. The molecule has 1 aliphatic heterocycles. The molecule has 0 bridgehead atoms. The van der Waals surface area contributed by atoms with Crippen LogP contribution in [0.5, 0.6) is 0 Å². The fraction of sp³-hybridized carbons (Fsp3) is 0.615. The Balaban J connectivity index is 2.21. The van der Waals surface area contributed by atoms with Gasteiger partial charge in [-0.15, -0.1) is 0 Å². The fourth-order valence-electron chi connectivity index (χ4n) is 2.11. The van der Waals surface area contributed by atoms with E-state index in [2.05, 4.69) is 29.8 Å². The monoisotopic (exact) mass is 235 g/mol. The summed E-state index contributed by atoms with van der Waals surface area (Å²) < 4.78 is 5.51. The number of morpholine rings is 1. The predicted molar refractivity (Wildman–Crippen MR) is 69.1 cm³/mol. The summed E-state index contributed by atoms with van der Waals surface area (Å²) in [4.78, 5) is 6.80. The standard InChI is InChI=1S/C13H21N3O/c1-10(14)11-4-5-12(15-8-11)16-6-7-17-9-13(16,2)3/h4-5,8,10H,6-7,9,14H2,1-3H3. The minimum absolute atomic E-state index is 0.00109. The average molecular weight is 235 g/mol. The number of nitrogens with two attached hydrogens (primary N) is 1. The third kappa shape index (κ3) is 2.58. The molecule has 1 aliphatic rings. The lowest BCUT2D eigenvalue weighted by Crippen LogP contribution is -2.53. The molecule has 94 valence electrons. The van der Waals surface area contributed by atoms with Gasteiger partial charge in [-0.05, 0) is 32.4 Å². The zero-order chi connectivity index (χ0) is 12.5. The lowest BCUT2D eigenvalue weighted by atomic mass is 10.0. The minimum atomic E-state index is 0.00109. The van der Waals surface area contributed by atoms with Crippen LogP contribution in [0.25, 0.3) is 0 Å². The van der Waals surface area contributed by atoms with Gasteiger partial charge in [0.2, 0.25) is 0 Å². The Kier molecular flexibility index (Phi) is 3.35. The Bertz CT molecular complexity index is 373. The number of hydrogen-bond acceptors (Lipinski definition) is 4. The number of anilines is 1. The van der Waals surface area contributed by atoms with Crippen LogP contribution in [0.15, 0.2) is 18.3 Å². The van der Waals surface area contributed by atoms with Gasteiger partial charge in [0.05, 0.1) is 18.8 Å². The zero-order valence-corrected chi connectivity index (χ0v) is 10.8. The SMILES string of the molecule is CC(N)c1ccc(N2CCOCC2(C)C)nc1. The molecule has 1 atom stereocenters. The van der Waals surface area contributed by atoms with Crippen molar-refractivity contribution in [2.75, 3.05) is 24.7 Å². The maximum Gasteiger partial charge on any atom is 0.129 e. The van der Waals surface area contributed by atoms with Crippen LogP contribution in [0.4, 0.5) is 5.82 Å². The fourth-order valence-corrected chi connectivity index (χ4v) is 2.11. The molecular formula is C13H21N3O. The second-order valence-corrected chi connectivity index (χ2v) is 5.26. The Morgan fingerprint density at radius 3 is 2.76 bits per heavy atom. The van der Waals surface area contributed by atoms with Gasteiger partial charge in [0, 0.05) is 18.8 Å². The minimum Gasteiger partial charge on any atom is -0.377 e. The summed E-state index contributed by atoms with van der Waals surface area (Å²) in [7, 11) is 0. The van der Waals surface area contributed by atoms with Crippen LogP contribution in [0.1, 0.15) is 32.4 Å². The highest BCUT2D eigenvalue weighted by Gasteiger charge is 2.31. The van der Waals surface area contributed by atoms with E-state index in [4.69, 9.17) is 10.5 Å². The highest BCUT2D eigenvalue weighted by molar-refractivity contribution is 5.43. The summed E-state index contributed by atoms with van der Waals surface area (Å²) in [6.07, 6.45) is 1.87. The van der Waals surface area contributed by atoms with Gasteiger partial charge >= 0.3 is 0 Å². The second kappa shape index (κ2) is 4.63. The lowest BCUT2D eigenvalue weighted by molar-refractivity contribution is 0.0639. The van der Waals surface area contributed by atoms with Crippen molar-refractivity contribution in [3.63, 3.8) is 0 Å². The molecule has 0 amide bonds. The first-order valence-electron chi connectivity index (χ1n) is 6.07. The second-order valence-electron chi connectivity index (χ2n) is 5.26. The molecule has 1 saturated heterocycles. The summed E-state index contributed by atoms with van der Waals surface area (Å²) in [5.41, 5.74) is 6.89. The highest BCUT2D eigenvalue weighted by Crippen LogP contribution is 2.25. The average Bonchev–Trinajstić information content (AvgIpc) is 2.28.